The number of H-pyrrole nitrogens is 2. The van der Waals surface area contributed by atoms with Crippen LogP contribution in [0.2, 0.25) is 0 Å². The van der Waals surface area contributed by atoms with E-state index >= 15 is 0 Å². The zero-order chi connectivity index (χ0) is 15.0. The van der Waals surface area contributed by atoms with E-state index in [9.17, 15) is 0 Å². The highest BCUT2D eigenvalue weighted by atomic mass is 14.8. The number of aromatic amines is 2. The fraction of sp³-hybridized carbons (Fsp3) is 0.429. The summed E-state index contributed by atoms with van der Waals surface area (Å²) in [6.45, 7) is 0. The van der Waals surface area contributed by atoms with Gasteiger partial charge in [-0.05, 0) is 47.9 Å². The van der Waals surface area contributed by atoms with Gasteiger partial charge in [-0.2, -0.15) is 0 Å². The van der Waals surface area contributed by atoms with Gasteiger partial charge in [0.1, 0.15) is 0 Å². The Bertz CT molecular complexity index is 777. The Morgan fingerprint density at radius 3 is 1.52 bits per heavy atom. The maximum absolute atomic E-state index is 3.63. The molecule has 8 rings (SSSR count). The van der Waals surface area contributed by atoms with Gasteiger partial charge in [-0.1, -0.05) is 24.3 Å². The lowest BCUT2D eigenvalue weighted by Gasteiger charge is -2.32. The average Bonchev–Trinajstić information content (AvgIpc) is 3.25. The summed E-state index contributed by atoms with van der Waals surface area (Å²) in [6.07, 6.45) is 20.7. The van der Waals surface area contributed by atoms with Crippen molar-refractivity contribution >= 4 is 0 Å². The van der Waals surface area contributed by atoms with E-state index in [-0.39, 0.29) is 0 Å². The van der Waals surface area contributed by atoms with Crippen molar-refractivity contribution in [3.8, 4) is 0 Å². The first kappa shape index (κ1) is 12.5. The summed E-state index contributed by atoms with van der Waals surface area (Å²) in [5, 5.41) is 0. The molecule has 0 amide bonds. The third-order valence-corrected chi connectivity index (χ3v) is 6.70. The van der Waals surface area contributed by atoms with Crippen molar-refractivity contribution in [2.24, 2.45) is 0 Å². The highest BCUT2D eigenvalue weighted by Gasteiger charge is 2.34. The van der Waals surface area contributed by atoms with E-state index in [1.54, 1.807) is 22.3 Å². The molecule has 0 fully saturated rings. The average molecular weight is 302 g/mol. The van der Waals surface area contributed by atoms with Crippen molar-refractivity contribution in [3.05, 3.63) is 70.3 Å². The van der Waals surface area contributed by atoms with Crippen LogP contribution in [0.1, 0.15) is 83.0 Å². The number of nitrogens with one attached hydrogen (secondary N) is 2. The molecular weight excluding hydrogens is 280 g/mol. The van der Waals surface area contributed by atoms with Gasteiger partial charge in [0.15, 0.2) is 0 Å². The van der Waals surface area contributed by atoms with Gasteiger partial charge in [-0.25, -0.2) is 0 Å². The van der Waals surface area contributed by atoms with Gasteiger partial charge in [0, 0.05) is 53.9 Å². The van der Waals surface area contributed by atoms with Crippen LogP contribution < -0.4 is 0 Å². The Morgan fingerprint density at radius 2 is 1.09 bits per heavy atom. The first-order chi connectivity index (χ1) is 11.4. The standard InChI is InChI=1S/C21H22N2/c1-5-14-6-2-12(1)16-10-22-18(20(14)16)9-19-21-15-7-3-13(4-8-15)17(21)11-23-19/h1,3,5,7,10-15,22-23H,2,4,6,8-9H2/t12-,13+,14+,15-. The third kappa shape index (κ3) is 1.59. The van der Waals surface area contributed by atoms with Crippen LogP contribution in [0, 0.1) is 0 Å². The lowest BCUT2D eigenvalue weighted by molar-refractivity contribution is 0.550. The summed E-state index contributed by atoms with van der Waals surface area (Å²) in [6, 6.07) is 0. The van der Waals surface area contributed by atoms with E-state index in [0.717, 1.165) is 6.42 Å². The molecule has 0 saturated heterocycles. The van der Waals surface area contributed by atoms with Gasteiger partial charge in [0.2, 0.25) is 0 Å². The first-order valence-electron chi connectivity index (χ1n) is 9.15. The van der Waals surface area contributed by atoms with Crippen LogP contribution in [0.15, 0.2) is 36.7 Å². The molecule has 0 aromatic carbocycles. The minimum absolute atomic E-state index is 0.651. The van der Waals surface area contributed by atoms with Gasteiger partial charge in [-0.15, -0.1) is 0 Å². The molecule has 2 aromatic rings. The Balaban J connectivity index is 1.41. The maximum atomic E-state index is 3.63. The molecule has 23 heavy (non-hydrogen) atoms. The van der Waals surface area contributed by atoms with E-state index in [4.69, 9.17) is 0 Å². The molecule has 6 aliphatic rings. The van der Waals surface area contributed by atoms with Gasteiger partial charge in [0.05, 0.1) is 0 Å². The van der Waals surface area contributed by atoms with Gasteiger partial charge < -0.3 is 9.97 Å². The largest absolute Gasteiger partial charge is 0.364 e. The summed E-state index contributed by atoms with van der Waals surface area (Å²) in [5.74, 6) is 2.63. The molecule has 116 valence electrons. The fourth-order valence-electron chi connectivity index (χ4n) is 5.59. The van der Waals surface area contributed by atoms with Gasteiger partial charge >= 0.3 is 0 Å². The highest BCUT2D eigenvalue weighted by Crippen LogP contribution is 2.49. The van der Waals surface area contributed by atoms with Crippen LogP contribution in [0.25, 0.3) is 0 Å². The van der Waals surface area contributed by atoms with Crippen molar-refractivity contribution in [1.82, 2.24) is 9.97 Å². The number of fused-ring (bicyclic) bond motifs is 2. The molecule has 0 unspecified atom stereocenters. The van der Waals surface area contributed by atoms with E-state index in [1.807, 2.05) is 0 Å². The minimum Gasteiger partial charge on any atom is -0.364 e. The second-order valence-electron chi connectivity index (χ2n) is 7.80. The Morgan fingerprint density at radius 1 is 0.652 bits per heavy atom. The van der Waals surface area contributed by atoms with Crippen molar-refractivity contribution in [3.63, 3.8) is 0 Å². The van der Waals surface area contributed by atoms with Crippen LogP contribution in [0.3, 0.4) is 0 Å². The SMILES string of the molecule is C1=C[C@H]2CC[C@@H]1c1c[nH]c(Cc3[nH]cc4c3[C@@H]3C=C[C@H]4CC3)c12. The zero-order valence-electron chi connectivity index (χ0n) is 13.3. The smallest absolute Gasteiger partial charge is 0.0284 e. The summed E-state index contributed by atoms with van der Waals surface area (Å²) < 4.78 is 0. The zero-order valence-corrected chi connectivity index (χ0v) is 13.3. The normalized spacial score (nSPS) is 32.3. The second kappa shape index (κ2) is 4.31. The Kier molecular flexibility index (Phi) is 2.34. The maximum Gasteiger partial charge on any atom is 0.0284 e. The quantitative estimate of drug-likeness (QED) is 0.732. The molecule has 2 heterocycles. The monoisotopic (exact) mass is 302 g/mol. The second-order valence-corrected chi connectivity index (χ2v) is 7.80. The molecule has 6 aliphatic carbocycles. The number of allylic oxidation sites excluding steroid dienone is 4. The summed E-state index contributed by atoms with van der Waals surface area (Å²) in [5.41, 5.74) is 9.27. The predicted molar refractivity (Wildman–Crippen MR) is 92.1 cm³/mol. The molecule has 0 aliphatic heterocycles. The van der Waals surface area contributed by atoms with Crippen LogP contribution in [-0.2, 0) is 6.42 Å². The van der Waals surface area contributed by atoms with Gasteiger partial charge in [-0.3, -0.25) is 0 Å². The van der Waals surface area contributed by atoms with E-state index in [2.05, 4.69) is 46.7 Å². The molecule has 0 radical (unpaired) electrons. The Hall–Kier alpha value is -1.96. The molecule has 0 spiro atoms. The third-order valence-electron chi connectivity index (χ3n) is 6.70. The summed E-state index contributed by atoms with van der Waals surface area (Å²) >= 11 is 0. The molecule has 2 nitrogen and oxygen atoms in total. The molecule has 2 N–H and O–H groups in total. The Labute approximate surface area is 136 Å². The van der Waals surface area contributed by atoms with Crippen LogP contribution in [0.5, 0.6) is 0 Å². The topological polar surface area (TPSA) is 31.6 Å². The van der Waals surface area contributed by atoms with Crippen molar-refractivity contribution < 1.29 is 0 Å². The van der Waals surface area contributed by atoms with E-state index in [1.165, 1.54) is 37.1 Å². The van der Waals surface area contributed by atoms with Crippen LogP contribution >= 0.6 is 0 Å². The number of hydrogen-bond acceptors (Lipinski definition) is 0. The summed E-state index contributed by atoms with van der Waals surface area (Å²) in [7, 11) is 0. The van der Waals surface area contributed by atoms with Crippen molar-refractivity contribution in [2.75, 3.05) is 0 Å². The molecule has 0 saturated carbocycles. The van der Waals surface area contributed by atoms with Crippen molar-refractivity contribution in [1.29, 1.82) is 0 Å². The van der Waals surface area contributed by atoms with E-state index in [0.29, 0.717) is 23.7 Å². The van der Waals surface area contributed by atoms with Gasteiger partial charge in [0.25, 0.3) is 0 Å². The van der Waals surface area contributed by atoms with Crippen molar-refractivity contribution in [2.45, 2.75) is 55.8 Å². The lowest BCUT2D eigenvalue weighted by atomic mass is 9.71. The number of hydrogen-bond donors (Lipinski definition) is 2. The highest BCUT2D eigenvalue weighted by molar-refractivity contribution is 5.51. The molecule has 2 heteroatoms. The predicted octanol–water partition coefficient (Wildman–Crippen LogP) is 5.00. The van der Waals surface area contributed by atoms with Crippen LogP contribution in [-0.4, -0.2) is 9.97 Å². The summed E-state index contributed by atoms with van der Waals surface area (Å²) in [4.78, 5) is 7.26. The lowest BCUT2D eigenvalue weighted by Crippen LogP contribution is -2.18. The molecular formula is C21H22N2. The minimum atomic E-state index is 0.651. The fourth-order valence-corrected chi connectivity index (χ4v) is 5.59. The van der Waals surface area contributed by atoms with E-state index < -0.39 is 0 Å². The number of aromatic nitrogens is 2. The van der Waals surface area contributed by atoms with Crippen LogP contribution in [0.4, 0.5) is 0 Å². The number of rotatable bonds is 2. The molecule has 4 bridgehead atoms. The molecule has 2 aromatic heterocycles. The molecule has 4 atom stereocenters. The first-order valence-corrected chi connectivity index (χ1v) is 9.15.